The summed E-state index contributed by atoms with van der Waals surface area (Å²) >= 11 is 0. The van der Waals surface area contributed by atoms with Crippen molar-refractivity contribution in [1.82, 2.24) is 9.97 Å². The lowest BCUT2D eigenvalue weighted by Crippen LogP contribution is -1.95. The van der Waals surface area contributed by atoms with Crippen molar-refractivity contribution >= 4 is 0 Å². The number of furan rings is 1. The molecule has 15 heavy (non-hydrogen) atoms. The van der Waals surface area contributed by atoms with Crippen molar-refractivity contribution in [3.8, 4) is 17.5 Å². The number of fused-ring (bicyclic) bond motifs is 1. The molecule has 1 aliphatic heterocycles. The van der Waals surface area contributed by atoms with Gasteiger partial charge >= 0.3 is 0 Å². The first-order chi connectivity index (χ1) is 7.34. The fraction of sp³-hybridized carbons (Fsp3) is 0.273. The molecule has 0 amide bonds. The van der Waals surface area contributed by atoms with Crippen LogP contribution in [0.25, 0.3) is 11.6 Å². The number of rotatable bonds is 1. The van der Waals surface area contributed by atoms with Gasteiger partial charge in [-0.05, 0) is 19.1 Å². The standard InChI is InChI=1S/C11H10N2O2/c1-7-8-4-6-15-11(8)13-10(12-7)9-3-2-5-14-9/h2-3,5H,4,6H2,1H3. The number of nitrogens with zero attached hydrogens (tertiary/aromatic N) is 2. The Hall–Kier alpha value is -1.84. The maximum absolute atomic E-state index is 5.43. The van der Waals surface area contributed by atoms with Crippen molar-refractivity contribution in [3.63, 3.8) is 0 Å². The van der Waals surface area contributed by atoms with E-state index < -0.39 is 0 Å². The van der Waals surface area contributed by atoms with Crippen LogP contribution in [0.1, 0.15) is 11.3 Å². The van der Waals surface area contributed by atoms with Crippen LogP contribution in [0.3, 0.4) is 0 Å². The molecule has 0 unspecified atom stereocenters. The molecule has 3 rings (SSSR count). The third kappa shape index (κ3) is 1.29. The molecular formula is C11H10N2O2. The van der Waals surface area contributed by atoms with Crippen LogP contribution >= 0.6 is 0 Å². The Bertz CT molecular complexity index is 492. The molecule has 4 heteroatoms. The molecule has 0 spiro atoms. The molecule has 0 aromatic carbocycles. The van der Waals surface area contributed by atoms with Gasteiger partial charge < -0.3 is 9.15 Å². The van der Waals surface area contributed by atoms with Crippen LogP contribution in [-0.4, -0.2) is 16.6 Å². The lowest BCUT2D eigenvalue weighted by atomic mass is 10.2. The van der Waals surface area contributed by atoms with Gasteiger partial charge in [0.05, 0.1) is 12.9 Å². The summed E-state index contributed by atoms with van der Waals surface area (Å²) in [6, 6.07) is 3.66. The van der Waals surface area contributed by atoms with Crippen LogP contribution in [0, 0.1) is 6.92 Å². The summed E-state index contributed by atoms with van der Waals surface area (Å²) in [6.07, 6.45) is 2.52. The molecule has 3 heterocycles. The minimum Gasteiger partial charge on any atom is -0.477 e. The molecule has 0 aliphatic carbocycles. The molecule has 76 valence electrons. The molecule has 1 aliphatic rings. The van der Waals surface area contributed by atoms with Crippen molar-refractivity contribution in [2.75, 3.05) is 6.61 Å². The van der Waals surface area contributed by atoms with Gasteiger partial charge in [0.2, 0.25) is 5.88 Å². The molecule has 0 saturated heterocycles. The van der Waals surface area contributed by atoms with E-state index >= 15 is 0 Å². The largest absolute Gasteiger partial charge is 0.477 e. The SMILES string of the molecule is Cc1nc(-c2ccco2)nc2c1CCO2. The van der Waals surface area contributed by atoms with E-state index in [1.807, 2.05) is 19.1 Å². The number of ether oxygens (including phenoxy) is 1. The summed E-state index contributed by atoms with van der Waals surface area (Å²) < 4.78 is 10.7. The Morgan fingerprint density at radius 1 is 1.33 bits per heavy atom. The Balaban J connectivity index is 2.15. The number of hydrogen-bond acceptors (Lipinski definition) is 4. The monoisotopic (exact) mass is 202 g/mol. The second-order valence-electron chi connectivity index (χ2n) is 3.49. The van der Waals surface area contributed by atoms with Gasteiger partial charge in [0.25, 0.3) is 0 Å². The van der Waals surface area contributed by atoms with E-state index in [0.717, 1.165) is 17.7 Å². The second kappa shape index (κ2) is 3.08. The van der Waals surface area contributed by atoms with Crippen LogP contribution in [0.5, 0.6) is 5.88 Å². The predicted molar refractivity (Wildman–Crippen MR) is 53.7 cm³/mol. The molecule has 0 bridgehead atoms. The van der Waals surface area contributed by atoms with Crippen LogP contribution in [0.2, 0.25) is 0 Å². The first kappa shape index (κ1) is 8.47. The molecule has 0 radical (unpaired) electrons. The summed E-state index contributed by atoms with van der Waals surface area (Å²) in [5.41, 5.74) is 2.09. The Morgan fingerprint density at radius 3 is 3.07 bits per heavy atom. The van der Waals surface area contributed by atoms with Gasteiger partial charge in [-0.15, -0.1) is 0 Å². The summed E-state index contributed by atoms with van der Waals surface area (Å²) in [6.45, 7) is 2.67. The molecular weight excluding hydrogens is 192 g/mol. The highest BCUT2D eigenvalue weighted by Crippen LogP contribution is 2.28. The van der Waals surface area contributed by atoms with Crippen molar-refractivity contribution in [3.05, 3.63) is 29.7 Å². The topological polar surface area (TPSA) is 48.2 Å². The minimum absolute atomic E-state index is 0.596. The van der Waals surface area contributed by atoms with Crippen molar-refractivity contribution in [1.29, 1.82) is 0 Å². The normalized spacial score (nSPS) is 13.7. The first-order valence-electron chi connectivity index (χ1n) is 4.89. The van der Waals surface area contributed by atoms with Crippen LogP contribution < -0.4 is 4.74 Å². The van der Waals surface area contributed by atoms with E-state index in [1.54, 1.807) is 6.26 Å². The van der Waals surface area contributed by atoms with Gasteiger partial charge in [0, 0.05) is 17.7 Å². The zero-order valence-corrected chi connectivity index (χ0v) is 8.36. The average molecular weight is 202 g/mol. The van der Waals surface area contributed by atoms with Gasteiger partial charge in [-0.25, -0.2) is 4.98 Å². The molecule has 4 nitrogen and oxygen atoms in total. The average Bonchev–Trinajstić information content (AvgIpc) is 2.88. The fourth-order valence-electron chi connectivity index (χ4n) is 1.74. The third-order valence-electron chi connectivity index (χ3n) is 2.51. The van der Waals surface area contributed by atoms with Crippen LogP contribution in [0.4, 0.5) is 0 Å². The van der Waals surface area contributed by atoms with E-state index in [0.29, 0.717) is 24.1 Å². The zero-order valence-electron chi connectivity index (χ0n) is 8.36. The summed E-state index contributed by atoms with van der Waals surface area (Å²) in [4.78, 5) is 8.73. The van der Waals surface area contributed by atoms with Gasteiger partial charge in [0.15, 0.2) is 11.6 Å². The molecule has 2 aromatic rings. The minimum atomic E-state index is 0.596. The van der Waals surface area contributed by atoms with Crippen LogP contribution in [-0.2, 0) is 6.42 Å². The molecule has 0 fully saturated rings. The molecule has 0 atom stereocenters. The fourth-order valence-corrected chi connectivity index (χ4v) is 1.74. The van der Waals surface area contributed by atoms with Crippen molar-refractivity contribution in [2.45, 2.75) is 13.3 Å². The summed E-state index contributed by atoms with van der Waals surface area (Å²) in [5.74, 6) is 1.98. The number of hydrogen-bond donors (Lipinski definition) is 0. The maximum atomic E-state index is 5.43. The predicted octanol–water partition coefficient (Wildman–Crippen LogP) is 1.98. The third-order valence-corrected chi connectivity index (χ3v) is 2.51. The van der Waals surface area contributed by atoms with Gasteiger partial charge in [-0.1, -0.05) is 0 Å². The quantitative estimate of drug-likeness (QED) is 0.709. The van der Waals surface area contributed by atoms with E-state index in [9.17, 15) is 0 Å². The lowest BCUT2D eigenvalue weighted by Gasteiger charge is -2.03. The van der Waals surface area contributed by atoms with Gasteiger partial charge in [0.1, 0.15) is 0 Å². The van der Waals surface area contributed by atoms with Gasteiger partial charge in [-0.2, -0.15) is 4.98 Å². The number of aromatic nitrogens is 2. The van der Waals surface area contributed by atoms with Crippen molar-refractivity contribution < 1.29 is 9.15 Å². The Kier molecular flexibility index (Phi) is 1.74. The molecule has 0 N–H and O–H groups in total. The Labute approximate surface area is 86.9 Å². The second-order valence-corrected chi connectivity index (χ2v) is 3.49. The van der Waals surface area contributed by atoms with Gasteiger partial charge in [-0.3, -0.25) is 0 Å². The summed E-state index contributed by atoms with van der Waals surface area (Å²) in [5, 5.41) is 0. The van der Waals surface area contributed by atoms with E-state index in [-0.39, 0.29) is 0 Å². The highest BCUT2D eigenvalue weighted by molar-refractivity contribution is 5.50. The Morgan fingerprint density at radius 2 is 2.27 bits per heavy atom. The molecule has 2 aromatic heterocycles. The highest BCUT2D eigenvalue weighted by atomic mass is 16.5. The van der Waals surface area contributed by atoms with E-state index in [1.165, 1.54) is 0 Å². The van der Waals surface area contributed by atoms with E-state index in [4.69, 9.17) is 9.15 Å². The maximum Gasteiger partial charge on any atom is 0.220 e. The highest BCUT2D eigenvalue weighted by Gasteiger charge is 2.19. The lowest BCUT2D eigenvalue weighted by molar-refractivity contribution is 0.344. The summed E-state index contributed by atoms with van der Waals surface area (Å²) in [7, 11) is 0. The van der Waals surface area contributed by atoms with Crippen LogP contribution in [0.15, 0.2) is 22.8 Å². The van der Waals surface area contributed by atoms with E-state index in [2.05, 4.69) is 9.97 Å². The molecule has 0 saturated carbocycles. The zero-order chi connectivity index (χ0) is 10.3. The smallest absolute Gasteiger partial charge is 0.220 e. The first-order valence-corrected chi connectivity index (χ1v) is 4.89. The number of aryl methyl sites for hydroxylation is 1. The van der Waals surface area contributed by atoms with Crippen molar-refractivity contribution in [2.24, 2.45) is 0 Å².